The fourth-order valence-electron chi connectivity index (χ4n) is 1.91. The zero-order valence-corrected chi connectivity index (χ0v) is 9.47. The van der Waals surface area contributed by atoms with Gasteiger partial charge in [-0.25, -0.2) is 0 Å². The Labute approximate surface area is 99.1 Å². The van der Waals surface area contributed by atoms with Gasteiger partial charge in [-0.15, -0.1) is 0 Å². The molecular weight excluding hydrogens is 216 g/mol. The zero-order chi connectivity index (χ0) is 11.7. The fourth-order valence-corrected chi connectivity index (χ4v) is 1.91. The van der Waals surface area contributed by atoms with Crippen LogP contribution >= 0.6 is 0 Å². The van der Waals surface area contributed by atoms with Gasteiger partial charge < -0.3 is 10.3 Å². The van der Waals surface area contributed by atoms with Gasteiger partial charge in [0.2, 0.25) is 0 Å². The SMILES string of the molecule is NCc1cc(-c2nc(C3CCC3)no2)ccn1. The number of rotatable bonds is 3. The molecule has 0 radical (unpaired) electrons. The molecule has 5 nitrogen and oxygen atoms in total. The van der Waals surface area contributed by atoms with Crippen molar-refractivity contribution in [3.05, 3.63) is 29.8 Å². The Morgan fingerprint density at radius 1 is 1.41 bits per heavy atom. The van der Waals surface area contributed by atoms with Crippen molar-refractivity contribution >= 4 is 0 Å². The van der Waals surface area contributed by atoms with Crippen LogP contribution in [0.5, 0.6) is 0 Å². The first-order chi connectivity index (χ1) is 8.36. The van der Waals surface area contributed by atoms with E-state index in [1.54, 1.807) is 6.20 Å². The molecule has 0 bridgehead atoms. The third kappa shape index (κ3) is 1.93. The maximum Gasteiger partial charge on any atom is 0.258 e. The van der Waals surface area contributed by atoms with Crippen molar-refractivity contribution in [1.82, 2.24) is 15.1 Å². The number of nitrogens with zero attached hydrogens (tertiary/aromatic N) is 3. The highest BCUT2D eigenvalue weighted by atomic mass is 16.5. The highest BCUT2D eigenvalue weighted by Gasteiger charge is 2.24. The maximum absolute atomic E-state index is 5.55. The lowest BCUT2D eigenvalue weighted by Crippen LogP contribution is -2.10. The van der Waals surface area contributed by atoms with Gasteiger partial charge >= 0.3 is 0 Å². The quantitative estimate of drug-likeness (QED) is 0.870. The number of hydrogen-bond acceptors (Lipinski definition) is 5. The minimum absolute atomic E-state index is 0.414. The van der Waals surface area contributed by atoms with Crippen LogP contribution in [0.1, 0.15) is 36.7 Å². The predicted molar refractivity (Wildman–Crippen MR) is 62.0 cm³/mol. The average Bonchev–Trinajstić information content (AvgIpc) is 2.76. The van der Waals surface area contributed by atoms with Crippen molar-refractivity contribution in [2.75, 3.05) is 0 Å². The lowest BCUT2D eigenvalue weighted by Gasteiger charge is -2.20. The van der Waals surface area contributed by atoms with Gasteiger partial charge in [0.15, 0.2) is 5.82 Å². The summed E-state index contributed by atoms with van der Waals surface area (Å²) in [6, 6.07) is 3.75. The summed E-state index contributed by atoms with van der Waals surface area (Å²) in [6.07, 6.45) is 5.32. The van der Waals surface area contributed by atoms with Crippen LogP contribution in [-0.4, -0.2) is 15.1 Å². The third-order valence-corrected chi connectivity index (χ3v) is 3.18. The first-order valence-electron chi connectivity index (χ1n) is 5.86. The van der Waals surface area contributed by atoms with E-state index in [1.165, 1.54) is 19.3 Å². The van der Waals surface area contributed by atoms with Gasteiger partial charge in [0.05, 0.1) is 5.69 Å². The van der Waals surface area contributed by atoms with Crippen LogP contribution in [0.25, 0.3) is 11.5 Å². The molecule has 0 aromatic carbocycles. The Hall–Kier alpha value is -1.75. The van der Waals surface area contributed by atoms with Crippen molar-refractivity contribution < 1.29 is 4.52 Å². The van der Waals surface area contributed by atoms with Gasteiger partial charge in [0.1, 0.15) is 0 Å². The highest BCUT2D eigenvalue weighted by molar-refractivity contribution is 5.52. The number of aromatic nitrogens is 3. The van der Waals surface area contributed by atoms with E-state index < -0.39 is 0 Å². The summed E-state index contributed by atoms with van der Waals surface area (Å²) in [6.45, 7) is 0.414. The summed E-state index contributed by atoms with van der Waals surface area (Å²) < 4.78 is 5.28. The van der Waals surface area contributed by atoms with E-state index in [1.807, 2.05) is 12.1 Å². The summed E-state index contributed by atoms with van der Waals surface area (Å²) in [4.78, 5) is 8.57. The summed E-state index contributed by atoms with van der Waals surface area (Å²) in [5.41, 5.74) is 7.26. The van der Waals surface area contributed by atoms with Gasteiger partial charge in [-0.2, -0.15) is 4.98 Å². The van der Waals surface area contributed by atoms with E-state index in [2.05, 4.69) is 15.1 Å². The summed E-state index contributed by atoms with van der Waals surface area (Å²) in [5, 5.41) is 4.03. The Balaban J connectivity index is 1.89. The summed E-state index contributed by atoms with van der Waals surface area (Å²) >= 11 is 0. The van der Waals surface area contributed by atoms with Crippen molar-refractivity contribution in [3.8, 4) is 11.5 Å². The van der Waals surface area contributed by atoms with E-state index in [0.717, 1.165) is 17.1 Å². The third-order valence-electron chi connectivity index (χ3n) is 3.18. The average molecular weight is 230 g/mol. The number of nitrogens with two attached hydrogens (primary N) is 1. The molecule has 0 atom stereocenters. The molecule has 5 heteroatoms. The molecule has 17 heavy (non-hydrogen) atoms. The van der Waals surface area contributed by atoms with E-state index in [9.17, 15) is 0 Å². The number of pyridine rings is 1. The minimum Gasteiger partial charge on any atom is -0.334 e. The molecular formula is C12H14N4O. The smallest absolute Gasteiger partial charge is 0.258 e. The molecule has 2 N–H and O–H groups in total. The van der Waals surface area contributed by atoms with Gasteiger partial charge in [-0.05, 0) is 25.0 Å². The Bertz CT molecular complexity index is 519. The van der Waals surface area contributed by atoms with E-state index in [-0.39, 0.29) is 0 Å². The van der Waals surface area contributed by atoms with Crippen LogP contribution in [0.3, 0.4) is 0 Å². The van der Waals surface area contributed by atoms with Gasteiger partial charge in [0, 0.05) is 24.2 Å². The molecule has 2 aromatic heterocycles. The second kappa shape index (κ2) is 4.25. The van der Waals surface area contributed by atoms with Crippen molar-refractivity contribution in [2.45, 2.75) is 31.7 Å². The Kier molecular flexibility index (Phi) is 2.60. The molecule has 1 aliphatic rings. The Morgan fingerprint density at radius 2 is 2.29 bits per heavy atom. The lowest BCUT2D eigenvalue weighted by molar-refractivity contribution is 0.366. The van der Waals surface area contributed by atoms with Crippen LogP contribution in [0.4, 0.5) is 0 Å². The van der Waals surface area contributed by atoms with Gasteiger partial charge in [-0.1, -0.05) is 11.6 Å². The molecule has 88 valence electrons. The molecule has 1 fully saturated rings. The molecule has 0 aliphatic heterocycles. The van der Waals surface area contributed by atoms with Crippen LogP contribution < -0.4 is 5.73 Å². The monoisotopic (exact) mass is 230 g/mol. The van der Waals surface area contributed by atoms with Crippen LogP contribution in [0.15, 0.2) is 22.9 Å². The first kappa shape index (κ1) is 10.4. The molecule has 1 saturated carbocycles. The van der Waals surface area contributed by atoms with Gasteiger partial charge in [-0.3, -0.25) is 4.98 Å². The molecule has 0 saturated heterocycles. The van der Waals surface area contributed by atoms with E-state index >= 15 is 0 Å². The standard InChI is InChI=1S/C12H14N4O/c13-7-10-6-9(4-5-14-10)12-15-11(16-17-12)8-2-1-3-8/h4-6,8H,1-3,7,13H2. The molecule has 0 amide bonds. The van der Waals surface area contributed by atoms with Crippen LogP contribution in [0.2, 0.25) is 0 Å². The molecule has 0 spiro atoms. The highest BCUT2D eigenvalue weighted by Crippen LogP contribution is 2.35. The fraction of sp³-hybridized carbons (Fsp3) is 0.417. The Morgan fingerprint density at radius 3 is 3.00 bits per heavy atom. The second-order valence-corrected chi connectivity index (χ2v) is 4.33. The van der Waals surface area contributed by atoms with Crippen LogP contribution in [-0.2, 0) is 6.54 Å². The van der Waals surface area contributed by atoms with Crippen molar-refractivity contribution in [3.63, 3.8) is 0 Å². The summed E-state index contributed by atoms with van der Waals surface area (Å²) in [5.74, 6) is 1.88. The minimum atomic E-state index is 0.414. The topological polar surface area (TPSA) is 77.8 Å². The molecule has 2 aromatic rings. The maximum atomic E-state index is 5.55. The predicted octanol–water partition coefficient (Wildman–Crippen LogP) is 1.86. The van der Waals surface area contributed by atoms with Crippen LogP contribution in [0, 0.1) is 0 Å². The second-order valence-electron chi connectivity index (χ2n) is 4.33. The normalized spacial score (nSPS) is 15.8. The molecule has 2 heterocycles. The molecule has 1 aliphatic carbocycles. The lowest BCUT2D eigenvalue weighted by atomic mass is 9.85. The first-order valence-corrected chi connectivity index (χ1v) is 5.86. The molecule has 0 unspecified atom stereocenters. The van der Waals surface area contributed by atoms with Gasteiger partial charge in [0.25, 0.3) is 5.89 Å². The van der Waals surface area contributed by atoms with E-state index in [0.29, 0.717) is 18.4 Å². The largest absolute Gasteiger partial charge is 0.334 e. The zero-order valence-electron chi connectivity index (χ0n) is 9.47. The number of hydrogen-bond donors (Lipinski definition) is 1. The van der Waals surface area contributed by atoms with Crippen molar-refractivity contribution in [1.29, 1.82) is 0 Å². The summed E-state index contributed by atoms with van der Waals surface area (Å²) in [7, 11) is 0. The van der Waals surface area contributed by atoms with E-state index in [4.69, 9.17) is 10.3 Å². The molecule has 3 rings (SSSR count). The van der Waals surface area contributed by atoms with Crippen molar-refractivity contribution in [2.24, 2.45) is 5.73 Å².